The van der Waals surface area contributed by atoms with Gasteiger partial charge in [0.2, 0.25) is 5.88 Å². The summed E-state index contributed by atoms with van der Waals surface area (Å²) >= 11 is 0. The number of aromatic amines is 1. The van der Waals surface area contributed by atoms with E-state index in [-0.39, 0.29) is 18.6 Å². The second kappa shape index (κ2) is 9.07. The van der Waals surface area contributed by atoms with Crippen molar-refractivity contribution >= 4 is 33.9 Å². The predicted molar refractivity (Wildman–Crippen MR) is 118 cm³/mol. The van der Waals surface area contributed by atoms with Crippen molar-refractivity contribution in [2.24, 2.45) is 0 Å². The second-order valence-corrected chi connectivity index (χ2v) is 7.37. The van der Waals surface area contributed by atoms with E-state index in [0.29, 0.717) is 16.9 Å². The zero-order chi connectivity index (χ0) is 22.7. The standard InChI is InChI=1S/C24H22N2O6/c1-14(2)30-24(28)32-22-18(13-29-3)21-17-11-16(9-10-19(17)26-20(21)12-25-22)31-23(27)15-7-5-4-6-8-15/h4-12,14,26H,13H2,1-3H3. The van der Waals surface area contributed by atoms with Crippen LogP contribution in [0.1, 0.15) is 29.8 Å². The fourth-order valence-corrected chi connectivity index (χ4v) is 3.39. The molecule has 0 saturated heterocycles. The van der Waals surface area contributed by atoms with Crippen LogP contribution >= 0.6 is 0 Å². The Morgan fingerprint density at radius 1 is 1.03 bits per heavy atom. The lowest BCUT2D eigenvalue weighted by molar-refractivity contribution is 0.0701. The van der Waals surface area contributed by atoms with E-state index in [1.807, 2.05) is 12.1 Å². The van der Waals surface area contributed by atoms with Crippen LogP contribution in [0.2, 0.25) is 0 Å². The van der Waals surface area contributed by atoms with E-state index < -0.39 is 12.1 Å². The number of H-pyrrole nitrogens is 1. The molecule has 0 spiro atoms. The molecule has 0 aliphatic heterocycles. The Hall–Kier alpha value is -3.91. The molecule has 4 rings (SSSR count). The molecule has 2 heterocycles. The first-order chi connectivity index (χ1) is 15.5. The van der Waals surface area contributed by atoms with Crippen LogP contribution in [0.3, 0.4) is 0 Å². The summed E-state index contributed by atoms with van der Waals surface area (Å²) in [6.45, 7) is 3.60. The van der Waals surface area contributed by atoms with Crippen LogP contribution in [-0.2, 0) is 16.1 Å². The lowest BCUT2D eigenvalue weighted by Gasteiger charge is -2.12. The van der Waals surface area contributed by atoms with Gasteiger partial charge >= 0.3 is 12.1 Å². The number of ether oxygens (including phenoxy) is 4. The number of fused-ring (bicyclic) bond motifs is 3. The Kier molecular flexibility index (Phi) is 6.04. The molecule has 0 aliphatic rings. The number of carbonyl (C=O) groups excluding carboxylic acids is 2. The molecular formula is C24H22N2O6. The van der Waals surface area contributed by atoms with Gasteiger partial charge in [-0.15, -0.1) is 0 Å². The van der Waals surface area contributed by atoms with Crippen molar-refractivity contribution < 1.29 is 28.5 Å². The maximum atomic E-state index is 12.5. The molecule has 0 bridgehead atoms. The molecule has 2 aromatic carbocycles. The van der Waals surface area contributed by atoms with Gasteiger partial charge in [-0.25, -0.2) is 14.6 Å². The van der Waals surface area contributed by atoms with Crippen molar-refractivity contribution in [3.05, 3.63) is 65.9 Å². The Balaban J connectivity index is 1.75. The first-order valence-corrected chi connectivity index (χ1v) is 10.0. The van der Waals surface area contributed by atoms with Crippen LogP contribution < -0.4 is 9.47 Å². The predicted octanol–water partition coefficient (Wildman–Crippen LogP) is 5.01. The first kappa shape index (κ1) is 21.3. The summed E-state index contributed by atoms with van der Waals surface area (Å²) in [6, 6.07) is 14.0. The Morgan fingerprint density at radius 3 is 2.53 bits per heavy atom. The van der Waals surface area contributed by atoms with Crippen molar-refractivity contribution in [1.29, 1.82) is 0 Å². The summed E-state index contributed by atoms with van der Waals surface area (Å²) in [5.41, 5.74) is 2.56. The number of pyridine rings is 1. The van der Waals surface area contributed by atoms with Gasteiger partial charge in [-0.3, -0.25) is 0 Å². The highest BCUT2D eigenvalue weighted by Crippen LogP contribution is 2.35. The lowest BCUT2D eigenvalue weighted by Crippen LogP contribution is -2.17. The Labute approximate surface area is 184 Å². The smallest absolute Gasteiger partial charge is 0.431 e. The van der Waals surface area contributed by atoms with E-state index in [4.69, 9.17) is 18.9 Å². The minimum Gasteiger partial charge on any atom is -0.431 e. The lowest BCUT2D eigenvalue weighted by atomic mass is 10.1. The molecule has 0 fully saturated rings. The Bertz CT molecular complexity index is 1280. The van der Waals surface area contributed by atoms with Gasteiger partial charge in [0.25, 0.3) is 0 Å². The summed E-state index contributed by atoms with van der Waals surface area (Å²) < 4.78 is 21.3. The molecule has 4 aromatic rings. The third-order valence-corrected chi connectivity index (χ3v) is 4.69. The highest BCUT2D eigenvalue weighted by atomic mass is 16.7. The fraction of sp³-hybridized carbons (Fsp3) is 0.208. The van der Waals surface area contributed by atoms with E-state index in [9.17, 15) is 9.59 Å². The van der Waals surface area contributed by atoms with Gasteiger partial charge in [-0.1, -0.05) is 18.2 Å². The molecule has 0 amide bonds. The molecule has 1 N–H and O–H groups in total. The molecule has 0 saturated carbocycles. The molecular weight excluding hydrogens is 412 g/mol. The average molecular weight is 434 g/mol. The number of benzene rings is 2. The van der Waals surface area contributed by atoms with Gasteiger partial charge in [-0.2, -0.15) is 0 Å². The van der Waals surface area contributed by atoms with Crippen LogP contribution in [0, 0.1) is 0 Å². The molecule has 8 nitrogen and oxygen atoms in total. The third kappa shape index (κ3) is 4.40. The largest absolute Gasteiger partial charge is 0.515 e. The summed E-state index contributed by atoms with van der Waals surface area (Å²) in [6.07, 6.45) is 0.399. The Morgan fingerprint density at radius 2 is 1.81 bits per heavy atom. The number of aromatic nitrogens is 2. The number of methoxy groups -OCH3 is 1. The molecule has 8 heteroatoms. The summed E-state index contributed by atoms with van der Waals surface area (Å²) in [4.78, 5) is 32.0. The highest BCUT2D eigenvalue weighted by Gasteiger charge is 2.20. The molecule has 32 heavy (non-hydrogen) atoms. The van der Waals surface area contributed by atoms with Gasteiger partial charge in [0.15, 0.2) is 0 Å². The van der Waals surface area contributed by atoms with Gasteiger partial charge in [0.05, 0.1) is 35.6 Å². The third-order valence-electron chi connectivity index (χ3n) is 4.69. The zero-order valence-corrected chi connectivity index (χ0v) is 17.9. The van der Waals surface area contributed by atoms with Crippen LogP contribution in [0.25, 0.3) is 21.8 Å². The monoisotopic (exact) mass is 434 g/mol. The molecule has 164 valence electrons. The molecule has 0 aliphatic carbocycles. The topological polar surface area (TPSA) is 99.7 Å². The normalized spacial score (nSPS) is 11.1. The van der Waals surface area contributed by atoms with Gasteiger partial charge in [0.1, 0.15) is 5.75 Å². The minimum atomic E-state index is -0.846. The van der Waals surface area contributed by atoms with Crippen molar-refractivity contribution in [3.63, 3.8) is 0 Å². The fourth-order valence-electron chi connectivity index (χ4n) is 3.39. The SMILES string of the molecule is COCc1c(OC(=O)OC(C)C)ncc2[nH]c3ccc(OC(=O)c4ccccc4)cc3c12. The van der Waals surface area contributed by atoms with E-state index in [1.165, 1.54) is 7.11 Å². The maximum absolute atomic E-state index is 12.5. The van der Waals surface area contributed by atoms with Crippen LogP contribution in [-0.4, -0.2) is 35.3 Å². The maximum Gasteiger partial charge on any atom is 0.515 e. The number of nitrogens with zero attached hydrogens (tertiary/aromatic N) is 1. The first-order valence-electron chi connectivity index (χ1n) is 10.0. The second-order valence-electron chi connectivity index (χ2n) is 7.37. The van der Waals surface area contributed by atoms with Crippen LogP contribution in [0.15, 0.2) is 54.7 Å². The summed E-state index contributed by atoms with van der Waals surface area (Å²) in [5.74, 6) is 0.0238. The van der Waals surface area contributed by atoms with E-state index in [2.05, 4.69) is 9.97 Å². The quantitative estimate of drug-likeness (QED) is 0.336. The number of hydrogen-bond donors (Lipinski definition) is 1. The van der Waals surface area contributed by atoms with Crippen molar-refractivity contribution in [2.75, 3.05) is 7.11 Å². The van der Waals surface area contributed by atoms with Crippen LogP contribution in [0.4, 0.5) is 4.79 Å². The number of rotatable bonds is 6. The van der Waals surface area contributed by atoms with E-state index in [0.717, 1.165) is 21.8 Å². The molecule has 0 atom stereocenters. The average Bonchev–Trinajstić information content (AvgIpc) is 3.13. The molecule has 2 aromatic heterocycles. The number of esters is 1. The highest BCUT2D eigenvalue weighted by molar-refractivity contribution is 6.10. The number of carbonyl (C=O) groups is 2. The molecule has 0 unspecified atom stereocenters. The van der Waals surface area contributed by atoms with Gasteiger partial charge in [-0.05, 0) is 44.2 Å². The number of nitrogens with one attached hydrogen (secondary N) is 1. The zero-order valence-electron chi connectivity index (χ0n) is 17.9. The van der Waals surface area contributed by atoms with Crippen LogP contribution in [0.5, 0.6) is 11.6 Å². The van der Waals surface area contributed by atoms with E-state index >= 15 is 0 Å². The molecule has 0 radical (unpaired) electrons. The van der Waals surface area contributed by atoms with Gasteiger partial charge < -0.3 is 23.9 Å². The van der Waals surface area contributed by atoms with Crippen molar-refractivity contribution in [3.8, 4) is 11.6 Å². The number of hydrogen-bond acceptors (Lipinski definition) is 7. The van der Waals surface area contributed by atoms with Crippen molar-refractivity contribution in [2.45, 2.75) is 26.6 Å². The van der Waals surface area contributed by atoms with Gasteiger partial charge in [0, 0.05) is 23.4 Å². The summed E-state index contributed by atoms with van der Waals surface area (Å²) in [5, 5.41) is 1.52. The summed E-state index contributed by atoms with van der Waals surface area (Å²) in [7, 11) is 1.54. The minimum absolute atomic E-state index is 0.0950. The van der Waals surface area contributed by atoms with Crippen molar-refractivity contribution in [1.82, 2.24) is 9.97 Å². The van der Waals surface area contributed by atoms with E-state index in [1.54, 1.807) is 56.4 Å².